The smallest absolute Gasteiger partial charge is 0.217 e. The number of aromatic nitrogens is 1. The average molecular weight is 431 g/mol. The van der Waals surface area contributed by atoms with Crippen LogP contribution in [0.15, 0.2) is 48.7 Å². The molecule has 0 spiro atoms. The molecule has 5 nitrogen and oxygen atoms in total. The van der Waals surface area contributed by atoms with Crippen LogP contribution in [0.2, 0.25) is 5.02 Å². The molecule has 1 aromatic heterocycles. The molecule has 2 aromatic carbocycles. The molecule has 0 aliphatic heterocycles. The topological polar surface area (TPSA) is 60.5 Å². The van der Waals surface area contributed by atoms with Crippen LogP contribution in [0.4, 0.5) is 0 Å². The van der Waals surface area contributed by atoms with Crippen molar-refractivity contribution >= 4 is 28.8 Å². The molecule has 7 heteroatoms. The summed E-state index contributed by atoms with van der Waals surface area (Å²) in [5.74, 6) is 1.37. The van der Waals surface area contributed by atoms with Crippen LogP contribution in [0.25, 0.3) is 10.6 Å². The van der Waals surface area contributed by atoms with Crippen LogP contribution in [-0.4, -0.2) is 17.0 Å². The summed E-state index contributed by atoms with van der Waals surface area (Å²) in [4.78, 5) is 15.6. The maximum absolute atomic E-state index is 11.2. The van der Waals surface area contributed by atoms with Crippen molar-refractivity contribution in [3.63, 3.8) is 0 Å². The largest absolute Gasteiger partial charge is 0.491 e. The fourth-order valence-corrected chi connectivity index (χ4v) is 3.92. The van der Waals surface area contributed by atoms with Gasteiger partial charge in [0.25, 0.3) is 0 Å². The summed E-state index contributed by atoms with van der Waals surface area (Å²) in [6.07, 6.45) is 1.77. The van der Waals surface area contributed by atoms with E-state index in [2.05, 4.69) is 10.3 Å². The zero-order chi connectivity index (χ0) is 21.0. The lowest BCUT2D eigenvalue weighted by Crippen LogP contribution is -2.23. The van der Waals surface area contributed by atoms with Gasteiger partial charge in [0.05, 0.1) is 23.4 Å². The zero-order valence-corrected chi connectivity index (χ0v) is 18.3. The zero-order valence-electron chi connectivity index (χ0n) is 16.7. The van der Waals surface area contributed by atoms with E-state index in [-0.39, 0.29) is 18.1 Å². The van der Waals surface area contributed by atoms with Gasteiger partial charge in [-0.25, -0.2) is 4.98 Å². The molecular formula is C22H23ClN2O3S. The minimum Gasteiger partial charge on any atom is -0.491 e. The van der Waals surface area contributed by atoms with E-state index >= 15 is 0 Å². The van der Waals surface area contributed by atoms with E-state index in [0.29, 0.717) is 15.8 Å². The predicted molar refractivity (Wildman–Crippen MR) is 117 cm³/mol. The first-order valence-electron chi connectivity index (χ1n) is 9.29. The fourth-order valence-electron chi connectivity index (χ4n) is 2.77. The molecule has 3 aromatic rings. The minimum absolute atomic E-state index is 0.0543. The van der Waals surface area contributed by atoms with Gasteiger partial charge in [0.15, 0.2) is 0 Å². The van der Waals surface area contributed by atoms with Gasteiger partial charge in [-0.2, -0.15) is 0 Å². The second-order valence-electron chi connectivity index (χ2n) is 6.89. The Morgan fingerprint density at radius 2 is 1.79 bits per heavy atom. The van der Waals surface area contributed by atoms with Gasteiger partial charge in [0.2, 0.25) is 11.0 Å². The lowest BCUT2D eigenvalue weighted by Gasteiger charge is -2.13. The van der Waals surface area contributed by atoms with Crippen LogP contribution in [0.5, 0.6) is 16.6 Å². The van der Waals surface area contributed by atoms with E-state index in [1.165, 1.54) is 18.3 Å². The van der Waals surface area contributed by atoms with Gasteiger partial charge in [-0.15, -0.1) is 0 Å². The SMILES string of the molecule is CC(=O)NC(C)c1ccc(Oc2cnc(-c3ccc(OC(C)C)cc3Cl)s2)cc1. The summed E-state index contributed by atoms with van der Waals surface area (Å²) in [5, 5.41) is 4.89. The number of nitrogens with zero attached hydrogens (tertiary/aromatic N) is 1. The number of thiazole rings is 1. The highest BCUT2D eigenvalue weighted by molar-refractivity contribution is 7.16. The van der Waals surface area contributed by atoms with Gasteiger partial charge in [-0.3, -0.25) is 4.79 Å². The van der Waals surface area contributed by atoms with Crippen molar-refractivity contribution in [2.45, 2.75) is 39.8 Å². The van der Waals surface area contributed by atoms with Crippen LogP contribution in [-0.2, 0) is 4.79 Å². The normalized spacial score (nSPS) is 11.9. The summed E-state index contributed by atoms with van der Waals surface area (Å²) in [7, 11) is 0. The molecule has 1 heterocycles. The van der Waals surface area contributed by atoms with Crippen molar-refractivity contribution in [1.29, 1.82) is 0 Å². The van der Waals surface area contributed by atoms with Crippen LogP contribution in [0.1, 0.15) is 39.3 Å². The third-order valence-corrected chi connectivity index (χ3v) is 5.27. The Bertz CT molecular complexity index is 986. The average Bonchev–Trinajstić information content (AvgIpc) is 3.09. The molecule has 1 N–H and O–H groups in total. The molecule has 3 rings (SSSR count). The van der Waals surface area contributed by atoms with Crippen molar-refractivity contribution in [3.8, 4) is 27.1 Å². The van der Waals surface area contributed by atoms with E-state index in [4.69, 9.17) is 21.1 Å². The summed E-state index contributed by atoms with van der Waals surface area (Å²) >= 11 is 7.83. The van der Waals surface area contributed by atoms with Crippen LogP contribution in [0.3, 0.4) is 0 Å². The maximum atomic E-state index is 11.2. The summed E-state index contributed by atoms with van der Waals surface area (Å²) < 4.78 is 11.6. The highest BCUT2D eigenvalue weighted by Gasteiger charge is 2.12. The van der Waals surface area contributed by atoms with Crippen molar-refractivity contribution < 1.29 is 14.3 Å². The summed E-state index contributed by atoms with van der Waals surface area (Å²) in [6, 6.07) is 13.1. The molecule has 29 heavy (non-hydrogen) atoms. The van der Waals surface area contributed by atoms with Crippen molar-refractivity contribution in [2.75, 3.05) is 0 Å². The molecule has 0 fully saturated rings. The Balaban J connectivity index is 1.70. The highest BCUT2D eigenvalue weighted by Crippen LogP contribution is 2.38. The van der Waals surface area contributed by atoms with Crippen molar-refractivity contribution in [3.05, 3.63) is 59.2 Å². The first kappa shape index (κ1) is 21.1. The molecule has 0 saturated carbocycles. The molecule has 1 unspecified atom stereocenters. The second-order valence-corrected chi connectivity index (χ2v) is 8.29. The number of carbonyl (C=O) groups is 1. The van der Waals surface area contributed by atoms with Gasteiger partial charge in [0.1, 0.15) is 16.5 Å². The van der Waals surface area contributed by atoms with E-state index in [9.17, 15) is 4.79 Å². The molecular weight excluding hydrogens is 408 g/mol. The molecule has 152 valence electrons. The summed E-state index contributed by atoms with van der Waals surface area (Å²) in [6.45, 7) is 7.39. The Labute approximate surface area is 179 Å². The third-order valence-electron chi connectivity index (χ3n) is 4.05. The van der Waals surface area contributed by atoms with Crippen LogP contribution >= 0.6 is 22.9 Å². The Morgan fingerprint density at radius 3 is 2.41 bits per heavy atom. The second kappa shape index (κ2) is 9.29. The van der Waals surface area contributed by atoms with E-state index < -0.39 is 0 Å². The van der Waals surface area contributed by atoms with Gasteiger partial charge in [0, 0.05) is 12.5 Å². The Hall–Kier alpha value is -2.57. The Morgan fingerprint density at radius 1 is 1.10 bits per heavy atom. The maximum Gasteiger partial charge on any atom is 0.217 e. The van der Waals surface area contributed by atoms with E-state index in [0.717, 1.165) is 21.9 Å². The number of hydrogen-bond donors (Lipinski definition) is 1. The minimum atomic E-state index is -0.0579. The molecule has 0 bridgehead atoms. The molecule has 1 amide bonds. The van der Waals surface area contributed by atoms with Crippen molar-refractivity contribution in [1.82, 2.24) is 10.3 Å². The lowest BCUT2D eigenvalue weighted by atomic mass is 10.1. The van der Waals surface area contributed by atoms with Gasteiger partial charge < -0.3 is 14.8 Å². The van der Waals surface area contributed by atoms with Crippen LogP contribution < -0.4 is 14.8 Å². The molecule has 0 saturated heterocycles. The molecule has 1 atom stereocenters. The van der Waals surface area contributed by atoms with Gasteiger partial charge in [-0.05, 0) is 56.7 Å². The number of amides is 1. The number of hydrogen-bond acceptors (Lipinski definition) is 5. The standard InChI is InChI=1S/C22H23ClN2O3S/c1-13(2)27-18-9-10-19(20(23)11-18)22-24-12-21(29-22)28-17-7-5-16(6-8-17)14(3)25-15(4)26/h5-14H,1-4H3,(H,25,26). The third kappa shape index (κ3) is 5.71. The quantitative estimate of drug-likeness (QED) is 0.482. The van der Waals surface area contributed by atoms with Crippen molar-refractivity contribution in [2.24, 2.45) is 0 Å². The monoisotopic (exact) mass is 430 g/mol. The number of rotatable bonds is 7. The molecule has 0 aliphatic carbocycles. The number of halogens is 1. The van der Waals surface area contributed by atoms with E-state index in [1.807, 2.05) is 57.2 Å². The fraction of sp³-hybridized carbons (Fsp3) is 0.273. The highest BCUT2D eigenvalue weighted by atomic mass is 35.5. The van der Waals surface area contributed by atoms with Gasteiger partial charge in [-0.1, -0.05) is 35.1 Å². The lowest BCUT2D eigenvalue weighted by molar-refractivity contribution is -0.119. The Kier molecular flexibility index (Phi) is 6.77. The van der Waals surface area contributed by atoms with E-state index in [1.54, 1.807) is 12.3 Å². The number of nitrogens with one attached hydrogen (secondary N) is 1. The summed E-state index contributed by atoms with van der Waals surface area (Å²) in [5.41, 5.74) is 1.84. The van der Waals surface area contributed by atoms with Crippen LogP contribution in [0, 0.1) is 0 Å². The number of carbonyl (C=O) groups excluding carboxylic acids is 1. The number of ether oxygens (including phenoxy) is 2. The first-order chi connectivity index (χ1) is 13.8. The first-order valence-corrected chi connectivity index (χ1v) is 10.5. The van der Waals surface area contributed by atoms with Gasteiger partial charge >= 0.3 is 0 Å². The molecule has 0 aliphatic rings. The number of benzene rings is 2. The predicted octanol–water partition coefficient (Wildman–Crippen LogP) is 6.24. The molecule has 0 radical (unpaired) electrons.